The lowest BCUT2D eigenvalue weighted by molar-refractivity contribution is -0.00829. The molecule has 3 heterocycles. The maximum absolute atomic E-state index is 5.76. The van der Waals surface area contributed by atoms with Crippen LogP contribution in [0.2, 0.25) is 0 Å². The van der Waals surface area contributed by atoms with Crippen molar-refractivity contribution < 1.29 is 14.2 Å². The number of rotatable bonds is 5. The minimum Gasteiger partial charge on any atom is -0.493 e. The average molecular weight is 388 g/mol. The van der Waals surface area contributed by atoms with Crippen LogP contribution in [0.1, 0.15) is 41.8 Å². The van der Waals surface area contributed by atoms with Gasteiger partial charge in [0.1, 0.15) is 0 Å². The van der Waals surface area contributed by atoms with Gasteiger partial charge >= 0.3 is 0 Å². The van der Waals surface area contributed by atoms with E-state index in [1.807, 2.05) is 11.3 Å². The molecule has 0 N–H and O–H groups in total. The molecule has 1 saturated heterocycles. The molecule has 0 saturated carbocycles. The van der Waals surface area contributed by atoms with Crippen LogP contribution in [0, 0.1) is 5.92 Å². The highest BCUT2D eigenvalue weighted by molar-refractivity contribution is 7.10. The first-order chi connectivity index (χ1) is 13.2. The van der Waals surface area contributed by atoms with Gasteiger partial charge in [-0.05, 0) is 66.8 Å². The first kappa shape index (κ1) is 18.8. The molecule has 3 atom stereocenters. The summed E-state index contributed by atoms with van der Waals surface area (Å²) in [6.07, 6.45) is 3.75. The predicted molar refractivity (Wildman–Crippen MR) is 109 cm³/mol. The van der Waals surface area contributed by atoms with E-state index in [0.29, 0.717) is 18.1 Å². The van der Waals surface area contributed by atoms with Crippen molar-refractivity contribution >= 4 is 11.3 Å². The van der Waals surface area contributed by atoms with Gasteiger partial charge in [-0.15, -0.1) is 11.3 Å². The third-order valence-electron chi connectivity index (χ3n) is 5.87. The van der Waals surface area contributed by atoms with Crippen LogP contribution in [-0.4, -0.2) is 44.9 Å². The highest BCUT2D eigenvalue weighted by Gasteiger charge is 2.33. The maximum atomic E-state index is 5.76. The predicted octanol–water partition coefficient (Wildman–Crippen LogP) is 4.53. The third-order valence-corrected chi connectivity index (χ3v) is 6.80. The number of ether oxygens (including phenoxy) is 3. The Morgan fingerprint density at radius 3 is 2.74 bits per heavy atom. The molecule has 0 unspecified atom stereocenters. The van der Waals surface area contributed by atoms with E-state index in [1.54, 1.807) is 14.2 Å². The molecule has 1 aromatic carbocycles. The maximum Gasteiger partial charge on any atom is 0.161 e. The van der Waals surface area contributed by atoms with Crippen LogP contribution in [0.25, 0.3) is 0 Å². The number of hydrogen-bond donors (Lipinski definition) is 0. The first-order valence-electron chi connectivity index (χ1n) is 9.83. The summed E-state index contributed by atoms with van der Waals surface area (Å²) < 4.78 is 16.9. The molecule has 1 aromatic heterocycles. The van der Waals surface area contributed by atoms with Crippen molar-refractivity contribution in [3.8, 4) is 11.5 Å². The summed E-state index contributed by atoms with van der Waals surface area (Å²) in [5.41, 5.74) is 2.74. The van der Waals surface area contributed by atoms with E-state index in [9.17, 15) is 0 Å². The lowest BCUT2D eigenvalue weighted by atomic mass is 9.88. The highest BCUT2D eigenvalue weighted by atomic mass is 32.1. The van der Waals surface area contributed by atoms with Gasteiger partial charge in [0.2, 0.25) is 0 Å². The van der Waals surface area contributed by atoms with Gasteiger partial charge < -0.3 is 14.2 Å². The quantitative estimate of drug-likeness (QED) is 0.754. The fraction of sp³-hybridized carbons (Fsp3) is 0.545. The van der Waals surface area contributed by atoms with Crippen molar-refractivity contribution in [3.63, 3.8) is 0 Å². The monoisotopic (exact) mass is 387 g/mol. The Hall–Kier alpha value is -1.56. The van der Waals surface area contributed by atoms with Gasteiger partial charge in [-0.2, -0.15) is 0 Å². The molecule has 0 radical (unpaired) electrons. The third kappa shape index (κ3) is 3.86. The molecule has 27 heavy (non-hydrogen) atoms. The van der Waals surface area contributed by atoms with Gasteiger partial charge in [0.15, 0.2) is 11.5 Å². The van der Waals surface area contributed by atoms with Crippen molar-refractivity contribution in [1.29, 1.82) is 0 Å². The number of methoxy groups -OCH3 is 2. The highest BCUT2D eigenvalue weighted by Crippen LogP contribution is 2.42. The molecule has 5 heteroatoms. The van der Waals surface area contributed by atoms with Crippen LogP contribution < -0.4 is 9.47 Å². The van der Waals surface area contributed by atoms with Gasteiger partial charge in [0, 0.05) is 24.6 Å². The van der Waals surface area contributed by atoms with E-state index in [2.05, 4.69) is 41.5 Å². The Kier molecular flexibility index (Phi) is 5.71. The molecule has 0 bridgehead atoms. The topological polar surface area (TPSA) is 30.9 Å². The lowest BCUT2D eigenvalue weighted by Crippen LogP contribution is -2.41. The summed E-state index contributed by atoms with van der Waals surface area (Å²) in [6.45, 7) is 5.30. The van der Waals surface area contributed by atoms with Gasteiger partial charge in [-0.3, -0.25) is 4.90 Å². The summed E-state index contributed by atoms with van der Waals surface area (Å²) >= 11 is 1.84. The smallest absolute Gasteiger partial charge is 0.161 e. The zero-order valence-corrected chi connectivity index (χ0v) is 17.3. The fourth-order valence-corrected chi connectivity index (χ4v) is 5.44. The second-order valence-corrected chi connectivity index (χ2v) is 8.62. The number of nitrogens with zero attached hydrogens (tertiary/aromatic N) is 1. The van der Waals surface area contributed by atoms with E-state index < -0.39 is 0 Å². The van der Waals surface area contributed by atoms with Crippen LogP contribution in [0.15, 0.2) is 29.6 Å². The molecule has 0 aliphatic carbocycles. The Bertz CT molecular complexity index is 761. The minimum absolute atomic E-state index is 0.298. The van der Waals surface area contributed by atoms with Crippen LogP contribution in [0.3, 0.4) is 0 Å². The zero-order chi connectivity index (χ0) is 18.8. The molecular formula is C22H29NO3S. The van der Waals surface area contributed by atoms with E-state index in [1.165, 1.54) is 16.0 Å². The lowest BCUT2D eigenvalue weighted by Gasteiger charge is -2.40. The standard InChI is InChI=1S/C22H29NO3S/c1-15-11-16(7-9-26-15)14-23-8-6-17-12-19(24-2)20(25-3)13-18(17)22(23)21-5-4-10-27-21/h4-5,10,12-13,15-16,22H,6-9,11,14H2,1-3H3/t15-,16+,22+/m0/s1. The summed E-state index contributed by atoms with van der Waals surface area (Å²) in [5.74, 6) is 2.35. The number of thiophene rings is 1. The first-order valence-corrected chi connectivity index (χ1v) is 10.7. The van der Waals surface area contributed by atoms with Crippen LogP contribution in [-0.2, 0) is 11.2 Å². The van der Waals surface area contributed by atoms with Crippen molar-refractivity contribution in [2.75, 3.05) is 33.9 Å². The largest absolute Gasteiger partial charge is 0.493 e. The SMILES string of the molecule is COc1cc2c(cc1OC)[C@H](c1cccs1)N(C[C@@H]1CCO[C@@H](C)C1)CC2. The molecule has 0 amide bonds. The van der Waals surface area contributed by atoms with Crippen LogP contribution in [0.4, 0.5) is 0 Å². The van der Waals surface area contributed by atoms with Crippen molar-refractivity contribution in [2.24, 2.45) is 5.92 Å². The molecule has 1 fully saturated rings. The Balaban J connectivity index is 1.68. The second-order valence-electron chi connectivity index (χ2n) is 7.64. The van der Waals surface area contributed by atoms with E-state index >= 15 is 0 Å². The normalized spacial score (nSPS) is 25.8. The fourth-order valence-electron chi connectivity index (χ4n) is 4.56. The summed E-state index contributed by atoms with van der Waals surface area (Å²) in [4.78, 5) is 4.08. The van der Waals surface area contributed by atoms with Crippen molar-refractivity contribution in [3.05, 3.63) is 45.6 Å². The van der Waals surface area contributed by atoms with Gasteiger partial charge in [-0.1, -0.05) is 6.07 Å². The van der Waals surface area contributed by atoms with Gasteiger partial charge in [0.25, 0.3) is 0 Å². The van der Waals surface area contributed by atoms with Crippen LogP contribution in [0.5, 0.6) is 11.5 Å². The van der Waals surface area contributed by atoms with Crippen molar-refractivity contribution in [1.82, 2.24) is 4.90 Å². The average Bonchev–Trinajstić information content (AvgIpc) is 3.21. The van der Waals surface area contributed by atoms with Gasteiger partial charge in [0.05, 0.1) is 26.4 Å². The van der Waals surface area contributed by atoms with Gasteiger partial charge in [-0.25, -0.2) is 0 Å². The summed E-state index contributed by atoms with van der Waals surface area (Å²) in [5, 5.41) is 2.18. The Morgan fingerprint density at radius 1 is 1.22 bits per heavy atom. The number of fused-ring (bicyclic) bond motifs is 1. The number of hydrogen-bond acceptors (Lipinski definition) is 5. The molecule has 146 valence electrons. The minimum atomic E-state index is 0.298. The van der Waals surface area contributed by atoms with E-state index in [-0.39, 0.29) is 0 Å². The molecule has 2 aromatic rings. The summed E-state index contributed by atoms with van der Waals surface area (Å²) in [7, 11) is 3.43. The van der Waals surface area contributed by atoms with Crippen LogP contribution >= 0.6 is 11.3 Å². The Morgan fingerprint density at radius 2 is 2.04 bits per heavy atom. The number of benzene rings is 1. The summed E-state index contributed by atoms with van der Waals surface area (Å²) in [6, 6.07) is 9.08. The molecule has 4 nitrogen and oxygen atoms in total. The molecule has 0 spiro atoms. The molecule has 4 rings (SSSR count). The second kappa shape index (κ2) is 8.21. The molecule has 2 aliphatic rings. The molecule has 2 aliphatic heterocycles. The zero-order valence-electron chi connectivity index (χ0n) is 16.4. The van der Waals surface area contributed by atoms with E-state index in [0.717, 1.165) is 50.5 Å². The van der Waals surface area contributed by atoms with E-state index in [4.69, 9.17) is 14.2 Å². The van der Waals surface area contributed by atoms with Crippen molar-refractivity contribution in [2.45, 2.75) is 38.3 Å². The molecular weight excluding hydrogens is 358 g/mol. The Labute approximate surface area is 166 Å².